The summed E-state index contributed by atoms with van der Waals surface area (Å²) in [4.78, 5) is 0. The summed E-state index contributed by atoms with van der Waals surface area (Å²) >= 11 is 0. The van der Waals surface area contributed by atoms with Gasteiger partial charge in [-0.25, -0.2) is 8.78 Å². The number of aryl methyl sites for hydroxylation is 2. The first-order valence-corrected chi connectivity index (χ1v) is 19.3. The summed E-state index contributed by atoms with van der Waals surface area (Å²) in [7, 11) is 0. The number of unbranched alkanes of at least 4 members (excludes halogenated alkanes) is 2. The topological polar surface area (TPSA) is 0 Å². The Labute approximate surface area is 289 Å². The average molecular weight is 647 g/mol. The smallest absolute Gasteiger partial charge is 0.166 e. The van der Waals surface area contributed by atoms with Gasteiger partial charge in [-0.15, -0.1) is 0 Å². The molecule has 4 aromatic carbocycles. The molecule has 48 heavy (non-hydrogen) atoms. The second kappa shape index (κ2) is 16.0. The van der Waals surface area contributed by atoms with Gasteiger partial charge in [0.05, 0.1) is 0 Å². The van der Waals surface area contributed by atoms with E-state index in [1.807, 2.05) is 24.3 Å². The van der Waals surface area contributed by atoms with Crippen molar-refractivity contribution in [2.45, 2.75) is 128 Å². The van der Waals surface area contributed by atoms with Crippen LogP contribution in [-0.4, -0.2) is 0 Å². The lowest BCUT2D eigenvalue weighted by Crippen LogP contribution is -2.39. The third kappa shape index (κ3) is 7.05. The van der Waals surface area contributed by atoms with E-state index in [0.29, 0.717) is 17.0 Å². The molecule has 0 spiro atoms. The second-order valence-electron chi connectivity index (χ2n) is 14.9. The fourth-order valence-electron chi connectivity index (χ4n) is 9.21. The molecule has 0 heterocycles. The van der Waals surface area contributed by atoms with Crippen LogP contribution in [0.3, 0.4) is 0 Å². The number of rotatable bonds is 12. The molecule has 0 unspecified atom stereocenters. The van der Waals surface area contributed by atoms with Gasteiger partial charge < -0.3 is 0 Å². The summed E-state index contributed by atoms with van der Waals surface area (Å²) in [5.74, 6) is -0.0305. The Morgan fingerprint density at radius 1 is 0.562 bits per heavy atom. The summed E-state index contributed by atoms with van der Waals surface area (Å²) in [5.41, 5.74) is 7.92. The number of benzene rings is 4. The maximum atomic E-state index is 15.9. The normalized spacial score (nSPS) is 19.0. The molecule has 0 saturated heterocycles. The molecule has 4 aromatic rings. The largest absolute Gasteiger partial charge is 0.203 e. The predicted octanol–water partition coefficient (Wildman–Crippen LogP) is 13.5. The quantitative estimate of drug-likeness (QED) is 0.106. The zero-order chi connectivity index (χ0) is 33.5. The molecule has 0 bridgehead atoms. The van der Waals surface area contributed by atoms with E-state index in [2.05, 4.69) is 81.4 Å². The standard InChI is InChI=1S/C46H56F2/c1-4-7-9-12-35-15-21-36(22-16-35)42-31-32-43(45(48)44(42)47)37-23-29-41(30-24-37)46(38-13-10-8-11-14-38,39-25-17-33(5-2)18-26-39)40-27-19-34(6-3)20-28-40/h17-20,23-32,35-36,38H,4-16,21-22H2,1-3H3. The van der Waals surface area contributed by atoms with E-state index < -0.39 is 11.6 Å². The highest BCUT2D eigenvalue weighted by Crippen LogP contribution is 2.51. The summed E-state index contributed by atoms with van der Waals surface area (Å²) < 4.78 is 31.7. The Morgan fingerprint density at radius 2 is 1.10 bits per heavy atom. The number of halogens is 2. The maximum absolute atomic E-state index is 15.9. The van der Waals surface area contributed by atoms with Crippen LogP contribution >= 0.6 is 0 Å². The van der Waals surface area contributed by atoms with Gasteiger partial charge in [0.15, 0.2) is 11.6 Å². The van der Waals surface area contributed by atoms with Crippen molar-refractivity contribution in [2.24, 2.45) is 11.8 Å². The lowest BCUT2D eigenvalue weighted by Gasteiger charge is -2.45. The van der Waals surface area contributed by atoms with Crippen molar-refractivity contribution in [1.29, 1.82) is 0 Å². The molecule has 2 aliphatic carbocycles. The van der Waals surface area contributed by atoms with Crippen LogP contribution < -0.4 is 0 Å². The van der Waals surface area contributed by atoms with Crippen molar-refractivity contribution in [3.8, 4) is 11.1 Å². The molecule has 0 aromatic heterocycles. The van der Waals surface area contributed by atoms with E-state index in [-0.39, 0.29) is 11.3 Å². The molecule has 0 atom stereocenters. The van der Waals surface area contributed by atoms with E-state index in [9.17, 15) is 0 Å². The van der Waals surface area contributed by atoms with Crippen molar-refractivity contribution >= 4 is 0 Å². The lowest BCUT2D eigenvalue weighted by molar-refractivity contribution is 0.271. The molecule has 254 valence electrons. The van der Waals surface area contributed by atoms with Gasteiger partial charge in [-0.05, 0) is 108 Å². The van der Waals surface area contributed by atoms with Crippen LogP contribution in [0.1, 0.15) is 144 Å². The average Bonchev–Trinajstić information content (AvgIpc) is 3.15. The van der Waals surface area contributed by atoms with Gasteiger partial charge >= 0.3 is 0 Å². The highest BCUT2D eigenvalue weighted by molar-refractivity contribution is 5.66. The first-order chi connectivity index (χ1) is 23.5. The Kier molecular flexibility index (Phi) is 11.5. The van der Waals surface area contributed by atoms with Gasteiger partial charge in [0, 0.05) is 11.0 Å². The predicted molar refractivity (Wildman–Crippen MR) is 199 cm³/mol. The molecule has 2 heteroatoms. The highest BCUT2D eigenvalue weighted by Gasteiger charge is 2.44. The van der Waals surface area contributed by atoms with Gasteiger partial charge in [0.25, 0.3) is 0 Å². The third-order valence-corrected chi connectivity index (χ3v) is 12.1. The van der Waals surface area contributed by atoms with Gasteiger partial charge in [0.2, 0.25) is 0 Å². The van der Waals surface area contributed by atoms with Crippen LogP contribution in [0.5, 0.6) is 0 Å². The zero-order valence-electron chi connectivity index (χ0n) is 29.7. The molecule has 0 aliphatic heterocycles. The molecule has 0 radical (unpaired) electrons. The first-order valence-electron chi connectivity index (χ1n) is 19.3. The lowest BCUT2D eigenvalue weighted by atomic mass is 9.58. The molecule has 2 saturated carbocycles. The van der Waals surface area contributed by atoms with Crippen molar-refractivity contribution in [2.75, 3.05) is 0 Å². The second-order valence-corrected chi connectivity index (χ2v) is 14.9. The van der Waals surface area contributed by atoms with Gasteiger partial charge in [-0.2, -0.15) is 0 Å². The van der Waals surface area contributed by atoms with Gasteiger partial charge in [-0.3, -0.25) is 0 Å². The molecular formula is C46H56F2. The minimum atomic E-state index is -0.700. The SMILES string of the molecule is CCCCCC1CCC(c2ccc(-c3ccc(C(c4ccc(CC)cc4)(c4ccc(CC)cc4)C4CCCCC4)cc3)c(F)c2F)CC1. The number of hydrogen-bond acceptors (Lipinski definition) is 0. The fourth-order valence-corrected chi connectivity index (χ4v) is 9.21. The summed E-state index contributed by atoms with van der Waals surface area (Å²) in [5, 5.41) is 0. The van der Waals surface area contributed by atoms with Crippen LogP contribution in [0.4, 0.5) is 8.78 Å². The van der Waals surface area contributed by atoms with E-state index in [4.69, 9.17) is 0 Å². The van der Waals surface area contributed by atoms with E-state index in [1.165, 1.54) is 85.6 Å². The van der Waals surface area contributed by atoms with Crippen molar-refractivity contribution in [3.05, 3.63) is 130 Å². The Balaban J connectivity index is 1.35. The molecule has 0 nitrogen and oxygen atoms in total. The monoisotopic (exact) mass is 646 g/mol. The third-order valence-electron chi connectivity index (χ3n) is 12.1. The summed E-state index contributed by atoms with van der Waals surface area (Å²) in [6.45, 7) is 6.66. The van der Waals surface area contributed by atoms with Crippen molar-refractivity contribution in [3.63, 3.8) is 0 Å². The van der Waals surface area contributed by atoms with Crippen molar-refractivity contribution in [1.82, 2.24) is 0 Å². The molecule has 0 N–H and O–H groups in total. The number of hydrogen-bond donors (Lipinski definition) is 0. The molecule has 2 aliphatic rings. The zero-order valence-corrected chi connectivity index (χ0v) is 29.7. The fraction of sp³-hybridized carbons (Fsp3) is 0.478. The minimum Gasteiger partial charge on any atom is -0.203 e. The Morgan fingerprint density at radius 3 is 1.62 bits per heavy atom. The van der Waals surface area contributed by atoms with Gasteiger partial charge in [-0.1, -0.05) is 151 Å². The highest BCUT2D eigenvalue weighted by atomic mass is 19.2. The van der Waals surface area contributed by atoms with E-state index >= 15 is 8.78 Å². The molecular weight excluding hydrogens is 591 g/mol. The van der Waals surface area contributed by atoms with Crippen LogP contribution in [0, 0.1) is 23.5 Å². The van der Waals surface area contributed by atoms with E-state index in [0.717, 1.165) is 50.0 Å². The summed E-state index contributed by atoms with van der Waals surface area (Å²) in [6, 6.07) is 30.7. The Bertz CT molecular complexity index is 1540. The van der Waals surface area contributed by atoms with Crippen LogP contribution in [0.25, 0.3) is 11.1 Å². The molecule has 0 amide bonds. The summed E-state index contributed by atoms with van der Waals surface area (Å²) in [6.07, 6.45) is 17.4. The molecule has 6 rings (SSSR count). The molecule has 2 fully saturated rings. The van der Waals surface area contributed by atoms with Gasteiger partial charge in [0.1, 0.15) is 0 Å². The van der Waals surface area contributed by atoms with Crippen molar-refractivity contribution < 1.29 is 8.78 Å². The van der Waals surface area contributed by atoms with E-state index in [1.54, 1.807) is 0 Å². The van der Waals surface area contributed by atoms with Crippen LogP contribution in [-0.2, 0) is 18.3 Å². The maximum Gasteiger partial charge on any atom is 0.166 e. The minimum absolute atomic E-state index is 0.118. The first kappa shape index (κ1) is 34.6. The van der Waals surface area contributed by atoms with Crippen LogP contribution in [0.15, 0.2) is 84.9 Å². The van der Waals surface area contributed by atoms with Crippen LogP contribution in [0.2, 0.25) is 0 Å². The Hall–Kier alpha value is -3.26.